The molecule has 3 atom stereocenters. The molecular formula is C27H26ClN3O2S. The number of ether oxygens (including phenoxy) is 1. The first-order chi connectivity index (χ1) is 16.2. The number of hydrogen-bond acceptors (Lipinski definition) is 3. The lowest BCUT2D eigenvalue weighted by Crippen LogP contribution is -2.72. The van der Waals surface area contributed by atoms with Gasteiger partial charge in [-0.05, 0) is 87.4 Å². The van der Waals surface area contributed by atoms with Crippen LogP contribution >= 0.6 is 23.8 Å². The Balaban J connectivity index is 1.63. The monoisotopic (exact) mass is 491 g/mol. The number of nitrogens with one attached hydrogen (secondary N) is 2. The van der Waals surface area contributed by atoms with Crippen molar-refractivity contribution in [1.29, 1.82) is 0 Å². The predicted molar refractivity (Wildman–Crippen MR) is 141 cm³/mol. The summed E-state index contributed by atoms with van der Waals surface area (Å²) in [6.07, 6.45) is 0. The van der Waals surface area contributed by atoms with Gasteiger partial charge in [0.1, 0.15) is 11.7 Å². The number of amides is 1. The summed E-state index contributed by atoms with van der Waals surface area (Å²) in [5.74, 6) is -0.0933. The summed E-state index contributed by atoms with van der Waals surface area (Å²) in [5.41, 5.74) is 4.62. The van der Waals surface area contributed by atoms with Gasteiger partial charge in [0.2, 0.25) is 5.91 Å². The van der Waals surface area contributed by atoms with Crippen molar-refractivity contribution in [2.75, 3.05) is 10.2 Å². The van der Waals surface area contributed by atoms with Gasteiger partial charge in [-0.15, -0.1) is 0 Å². The van der Waals surface area contributed by atoms with Gasteiger partial charge in [-0.1, -0.05) is 41.4 Å². The summed E-state index contributed by atoms with van der Waals surface area (Å²) < 4.78 is 6.62. The predicted octanol–water partition coefficient (Wildman–Crippen LogP) is 6.06. The molecule has 0 aromatic heterocycles. The van der Waals surface area contributed by atoms with E-state index < -0.39 is 17.7 Å². The van der Waals surface area contributed by atoms with Crippen LogP contribution in [0.1, 0.15) is 35.2 Å². The van der Waals surface area contributed by atoms with Crippen LogP contribution in [0.3, 0.4) is 0 Å². The fourth-order valence-corrected chi connectivity index (χ4v) is 5.67. The summed E-state index contributed by atoms with van der Waals surface area (Å²) in [5, 5.41) is 7.64. The number of thiocarbonyl (C=S) groups is 1. The van der Waals surface area contributed by atoms with E-state index in [0.717, 1.165) is 33.6 Å². The molecule has 5 rings (SSSR count). The summed E-state index contributed by atoms with van der Waals surface area (Å²) in [7, 11) is 0. The van der Waals surface area contributed by atoms with E-state index in [0.29, 0.717) is 15.9 Å². The first kappa shape index (κ1) is 22.7. The molecule has 0 radical (unpaired) electrons. The molecule has 2 N–H and O–H groups in total. The topological polar surface area (TPSA) is 53.6 Å². The van der Waals surface area contributed by atoms with E-state index in [1.165, 1.54) is 0 Å². The minimum absolute atomic E-state index is 0.155. The molecule has 2 heterocycles. The third-order valence-corrected chi connectivity index (χ3v) is 7.18. The molecule has 0 aliphatic carbocycles. The molecule has 5 nitrogen and oxygen atoms in total. The van der Waals surface area contributed by atoms with Gasteiger partial charge in [0, 0.05) is 22.0 Å². The molecule has 174 valence electrons. The number of carbonyl (C=O) groups is 1. The summed E-state index contributed by atoms with van der Waals surface area (Å²) in [6, 6.07) is 19.1. The highest BCUT2D eigenvalue weighted by Crippen LogP contribution is 2.50. The first-order valence-corrected chi connectivity index (χ1v) is 12.0. The van der Waals surface area contributed by atoms with Crippen molar-refractivity contribution >= 4 is 46.2 Å². The zero-order valence-electron chi connectivity index (χ0n) is 19.5. The molecule has 2 bridgehead atoms. The second kappa shape index (κ2) is 8.29. The number of halogens is 1. The van der Waals surface area contributed by atoms with Crippen molar-refractivity contribution in [3.63, 3.8) is 0 Å². The molecule has 3 aromatic rings. The van der Waals surface area contributed by atoms with E-state index in [1.807, 2.05) is 81.1 Å². The van der Waals surface area contributed by atoms with Gasteiger partial charge in [0.25, 0.3) is 0 Å². The van der Waals surface area contributed by atoms with Crippen LogP contribution in [0.2, 0.25) is 5.02 Å². The van der Waals surface area contributed by atoms with Gasteiger partial charge in [0.05, 0.1) is 6.04 Å². The average molecular weight is 492 g/mol. The highest BCUT2D eigenvalue weighted by Gasteiger charge is 2.59. The van der Waals surface area contributed by atoms with Crippen LogP contribution in [-0.2, 0) is 4.79 Å². The van der Waals surface area contributed by atoms with Crippen molar-refractivity contribution in [2.45, 2.75) is 39.5 Å². The maximum atomic E-state index is 13.9. The van der Waals surface area contributed by atoms with E-state index >= 15 is 0 Å². The minimum atomic E-state index is -1.07. The molecule has 2 aliphatic rings. The van der Waals surface area contributed by atoms with Crippen LogP contribution in [0.5, 0.6) is 5.75 Å². The Labute approximate surface area is 210 Å². The maximum Gasteiger partial charge on any atom is 0.236 e. The molecule has 0 saturated carbocycles. The normalized spacial score (nSPS) is 23.0. The minimum Gasteiger partial charge on any atom is -0.467 e. The standard InChI is InChI=1S/C27H26ClN3O2S/c1-15-6-5-7-19(13-15)31-26(34)30-24-20-14-18(28)9-11-22(20)33-27(31,4)23(24)25(32)29-21-10-8-16(2)12-17(21)3/h5-14,23-24H,1-4H3,(H,29,32)(H,30,34). The summed E-state index contributed by atoms with van der Waals surface area (Å²) in [6.45, 7) is 7.98. The summed E-state index contributed by atoms with van der Waals surface area (Å²) >= 11 is 12.1. The van der Waals surface area contributed by atoms with Crippen LogP contribution in [0, 0.1) is 26.7 Å². The van der Waals surface area contributed by atoms with Crippen LogP contribution in [0.25, 0.3) is 0 Å². The number of hydrogen-bond donors (Lipinski definition) is 2. The highest BCUT2D eigenvalue weighted by atomic mass is 35.5. The van der Waals surface area contributed by atoms with Gasteiger partial charge in [-0.2, -0.15) is 0 Å². The zero-order valence-corrected chi connectivity index (χ0v) is 21.1. The number of rotatable bonds is 3. The van der Waals surface area contributed by atoms with E-state index in [4.69, 9.17) is 28.6 Å². The second-order valence-electron chi connectivity index (χ2n) is 9.23. The van der Waals surface area contributed by atoms with Gasteiger partial charge in [0.15, 0.2) is 10.8 Å². The molecule has 3 aromatic carbocycles. The highest BCUT2D eigenvalue weighted by molar-refractivity contribution is 7.80. The average Bonchev–Trinajstić information content (AvgIpc) is 2.76. The van der Waals surface area contributed by atoms with Crippen molar-refractivity contribution in [1.82, 2.24) is 5.32 Å². The van der Waals surface area contributed by atoms with Gasteiger partial charge in [-0.3, -0.25) is 9.69 Å². The fraction of sp³-hybridized carbons (Fsp3) is 0.259. The molecule has 2 aliphatic heterocycles. The molecule has 1 fully saturated rings. The van der Waals surface area contributed by atoms with Gasteiger partial charge in [-0.25, -0.2) is 0 Å². The molecule has 0 spiro atoms. The van der Waals surface area contributed by atoms with Crippen LogP contribution in [-0.4, -0.2) is 16.7 Å². The summed E-state index contributed by atoms with van der Waals surface area (Å²) in [4.78, 5) is 15.8. The van der Waals surface area contributed by atoms with Crippen molar-refractivity contribution < 1.29 is 9.53 Å². The Morgan fingerprint density at radius 3 is 2.59 bits per heavy atom. The lowest BCUT2D eigenvalue weighted by molar-refractivity contribution is -0.130. The first-order valence-electron chi connectivity index (χ1n) is 11.2. The molecule has 3 unspecified atom stereocenters. The van der Waals surface area contributed by atoms with Crippen LogP contribution < -0.4 is 20.3 Å². The number of benzene rings is 3. The Kier molecular flexibility index (Phi) is 5.53. The fourth-order valence-electron chi connectivity index (χ4n) is 5.07. The van der Waals surface area contributed by atoms with Crippen LogP contribution in [0.15, 0.2) is 60.7 Å². The third kappa shape index (κ3) is 3.71. The smallest absolute Gasteiger partial charge is 0.236 e. The molecule has 34 heavy (non-hydrogen) atoms. The number of nitrogens with zero attached hydrogens (tertiary/aromatic N) is 1. The quantitative estimate of drug-likeness (QED) is 0.436. The Morgan fingerprint density at radius 1 is 1.09 bits per heavy atom. The second-order valence-corrected chi connectivity index (χ2v) is 10.0. The lowest BCUT2D eigenvalue weighted by Gasteiger charge is -2.56. The van der Waals surface area contributed by atoms with E-state index in [-0.39, 0.29) is 5.91 Å². The van der Waals surface area contributed by atoms with E-state index in [1.54, 1.807) is 6.07 Å². The van der Waals surface area contributed by atoms with E-state index in [2.05, 4.69) is 16.7 Å². The molecule has 1 amide bonds. The van der Waals surface area contributed by atoms with Crippen molar-refractivity contribution in [2.24, 2.45) is 5.92 Å². The third-order valence-electron chi connectivity index (χ3n) is 6.64. The Morgan fingerprint density at radius 2 is 1.85 bits per heavy atom. The maximum absolute atomic E-state index is 13.9. The molecule has 7 heteroatoms. The largest absolute Gasteiger partial charge is 0.467 e. The Bertz CT molecular complexity index is 1330. The number of anilines is 2. The molecule has 1 saturated heterocycles. The zero-order chi connectivity index (χ0) is 24.2. The van der Waals surface area contributed by atoms with Gasteiger partial charge >= 0.3 is 0 Å². The van der Waals surface area contributed by atoms with Crippen molar-refractivity contribution in [3.05, 3.63) is 87.9 Å². The van der Waals surface area contributed by atoms with Crippen LogP contribution in [0.4, 0.5) is 11.4 Å². The lowest BCUT2D eigenvalue weighted by atomic mass is 9.78. The SMILES string of the molecule is Cc1cccc(N2C(=S)NC3c4cc(Cl)ccc4OC2(C)C3C(=O)Nc2ccc(C)cc2C)c1. The number of carbonyl (C=O) groups excluding carboxylic acids is 1. The Hall–Kier alpha value is -3.09. The number of aryl methyl sites for hydroxylation is 3. The van der Waals surface area contributed by atoms with Gasteiger partial charge < -0.3 is 15.4 Å². The number of fused-ring (bicyclic) bond motifs is 4. The van der Waals surface area contributed by atoms with E-state index in [9.17, 15) is 4.79 Å². The molecular weight excluding hydrogens is 466 g/mol. The van der Waals surface area contributed by atoms with Crippen molar-refractivity contribution in [3.8, 4) is 5.75 Å².